The lowest BCUT2D eigenvalue weighted by molar-refractivity contribution is 0.0950. The summed E-state index contributed by atoms with van der Waals surface area (Å²) in [6.07, 6.45) is 3.84. The second-order valence-corrected chi connectivity index (χ2v) is 5.09. The van der Waals surface area contributed by atoms with E-state index >= 15 is 0 Å². The van der Waals surface area contributed by atoms with Gasteiger partial charge in [0.2, 0.25) is 0 Å². The zero-order valence-electron chi connectivity index (χ0n) is 11.2. The van der Waals surface area contributed by atoms with Crippen molar-refractivity contribution in [2.24, 2.45) is 0 Å². The van der Waals surface area contributed by atoms with E-state index in [4.69, 9.17) is 0 Å². The van der Waals surface area contributed by atoms with Crippen LogP contribution in [0, 0.1) is 13.8 Å². The van der Waals surface area contributed by atoms with Gasteiger partial charge >= 0.3 is 0 Å². The molecule has 0 spiro atoms. The van der Waals surface area contributed by atoms with Crippen LogP contribution >= 0.6 is 0 Å². The van der Waals surface area contributed by atoms with Crippen LogP contribution in [-0.4, -0.2) is 21.7 Å². The van der Waals surface area contributed by atoms with Crippen LogP contribution in [0.5, 0.6) is 0 Å². The molecule has 0 saturated heterocycles. The molecule has 0 unspecified atom stereocenters. The van der Waals surface area contributed by atoms with E-state index in [-0.39, 0.29) is 5.91 Å². The molecular formula is C15H17N3O. The van der Waals surface area contributed by atoms with Crippen molar-refractivity contribution in [2.45, 2.75) is 32.7 Å². The molecule has 98 valence electrons. The molecule has 1 saturated carbocycles. The van der Waals surface area contributed by atoms with Crippen LogP contribution in [0.2, 0.25) is 0 Å². The maximum Gasteiger partial charge on any atom is 0.254 e. The van der Waals surface area contributed by atoms with Crippen LogP contribution in [0.15, 0.2) is 30.5 Å². The summed E-state index contributed by atoms with van der Waals surface area (Å²) in [4.78, 5) is 12.1. The van der Waals surface area contributed by atoms with Crippen LogP contribution in [0.3, 0.4) is 0 Å². The van der Waals surface area contributed by atoms with Gasteiger partial charge in [0, 0.05) is 6.04 Å². The number of aryl methyl sites for hydroxylation is 1. The van der Waals surface area contributed by atoms with Crippen molar-refractivity contribution in [1.29, 1.82) is 0 Å². The van der Waals surface area contributed by atoms with E-state index < -0.39 is 0 Å². The Morgan fingerprint density at radius 1 is 1.32 bits per heavy atom. The number of para-hydroxylation sites is 1. The summed E-state index contributed by atoms with van der Waals surface area (Å²) in [5.41, 5.74) is 3.70. The highest BCUT2D eigenvalue weighted by Gasteiger charge is 2.25. The summed E-state index contributed by atoms with van der Waals surface area (Å²) in [6, 6.07) is 8.40. The number of benzene rings is 1. The highest BCUT2D eigenvalue weighted by atomic mass is 16.1. The smallest absolute Gasteiger partial charge is 0.254 e. The summed E-state index contributed by atoms with van der Waals surface area (Å²) in [5, 5.41) is 7.35. The van der Waals surface area contributed by atoms with Crippen LogP contribution < -0.4 is 5.32 Å². The first-order valence-corrected chi connectivity index (χ1v) is 6.58. The number of rotatable bonds is 3. The highest BCUT2D eigenvalue weighted by molar-refractivity contribution is 5.95. The fourth-order valence-corrected chi connectivity index (χ4v) is 2.17. The van der Waals surface area contributed by atoms with Crippen molar-refractivity contribution >= 4 is 5.91 Å². The molecule has 2 aromatic rings. The molecule has 1 amide bonds. The minimum Gasteiger partial charge on any atom is -0.349 e. The van der Waals surface area contributed by atoms with Crippen LogP contribution in [-0.2, 0) is 0 Å². The van der Waals surface area contributed by atoms with Crippen molar-refractivity contribution in [3.63, 3.8) is 0 Å². The summed E-state index contributed by atoms with van der Waals surface area (Å²) >= 11 is 0. The van der Waals surface area contributed by atoms with Gasteiger partial charge in [-0.25, -0.2) is 4.68 Å². The standard InChI is InChI=1S/C15H17N3O/c1-10-5-3-4-6-14(10)18-11(2)13(9-16-18)15(19)17-12-7-8-12/h3-6,9,12H,7-8H2,1-2H3,(H,17,19). The molecule has 1 aromatic carbocycles. The largest absolute Gasteiger partial charge is 0.349 e. The third kappa shape index (κ3) is 2.26. The lowest BCUT2D eigenvalue weighted by Crippen LogP contribution is -2.25. The molecule has 1 aliphatic rings. The third-order valence-electron chi connectivity index (χ3n) is 3.51. The molecule has 1 N–H and O–H groups in total. The summed E-state index contributed by atoms with van der Waals surface area (Å²) in [7, 11) is 0. The first-order chi connectivity index (χ1) is 9.16. The summed E-state index contributed by atoms with van der Waals surface area (Å²) in [6.45, 7) is 3.97. The number of hydrogen-bond donors (Lipinski definition) is 1. The third-order valence-corrected chi connectivity index (χ3v) is 3.51. The molecule has 0 aliphatic heterocycles. The maximum absolute atomic E-state index is 12.1. The van der Waals surface area contributed by atoms with E-state index in [1.165, 1.54) is 0 Å². The number of nitrogens with one attached hydrogen (secondary N) is 1. The molecule has 19 heavy (non-hydrogen) atoms. The normalized spacial score (nSPS) is 14.4. The van der Waals surface area contributed by atoms with Gasteiger partial charge in [-0.05, 0) is 38.3 Å². The average molecular weight is 255 g/mol. The molecule has 1 aliphatic carbocycles. The number of nitrogens with zero attached hydrogens (tertiary/aromatic N) is 2. The highest BCUT2D eigenvalue weighted by Crippen LogP contribution is 2.21. The molecule has 4 heteroatoms. The van der Waals surface area contributed by atoms with Gasteiger partial charge in [-0.1, -0.05) is 18.2 Å². The van der Waals surface area contributed by atoms with Crippen molar-refractivity contribution in [1.82, 2.24) is 15.1 Å². The molecular weight excluding hydrogens is 238 g/mol. The van der Waals surface area contributed by atoms with Crippen LogP contribution in [0.25, 0.3) is 5.69 Å². The Morgan fingerprint density at radius 2 is 2.05 bits per heavy atom. The number of amides is 1. The van der Waals surface area contributed by atoms with Crippen molar-refractivity contribution in [2.75, 3.05) is 0 Å². The molecule has 1 aromatic heterocycles. The van der Waals surface area contributed by atoms with E-state index in [1.807, 2.05) is 42.8 Å². The Labute approximate surface area is 112 Å². The fourth-order valence-electron chi connectivity index (χ4n) is 2.17. The minimum atomic E-state index is -0.0140. The Hall–Kier alpha value is -2.10. The Bertz CT molecular complexity index is 626. The average Bonchev–Trinajstić information content (AvgIpc) is 3.12. The lowest BCUT2D eigenvalue weighted by atomic mass is 10.2. The topological polar surface area (TPSA) is 46.9 Å². The fraction of sp³-hybridized carbons (Fsp3) is 0.333. The van der Waals surface area contributed by atoms with Crippen molar-refractivity contribution < 1.29 is 4.79 Å². The SMILES string of the molecule is Cc1ccccc1-n1ncc(C(=O)NC2CC2)c1C. The predicted molar refractivity (Wildman–Crippen MR) is 73.5 cm³/mol. The summed E-state index contributed by atoms with van der Waals surface area (Å²) < 4.78 is 1.83. The van der Waals surface area contributed by atoms with E-state index in [1.54, 1.807) is 6.20 Å². The first kappa shape index (κ1) is 12.0. The van der Waals surface area contributed by atoms with Gasteiger partial charge in [-0.2, -0.15) is 5.10 Å². The second-order valence-electron chi connectivity index (χ2n) is 5.09. The van der Waals surface area contributed by atoms with Gasteiger partial charge in [0.25, 0.3) is 5.91 Å². The van der Waals surface area contributed by atoms with Crippen molar-refractivity contribution in [3.05, 3.63) is 47.3 Å². The van der Waals surface area contributed by atoms with E-state index in [2.05, 4.69) is 10.4 Å². The number of carbonyl (C=O) groups is 1. The maximum atomic E-state index is 12.1. The lowest BCUT2D eigenvalue weighted by Gasteiger charge is -2.08. The van der Waals surface area contributed by atoms with E-state index in [0.29, 0.717) is 11.6 Å². The van der Waals surface area contributed by atoms with E-state index in [9.17, 15) is 4.79 Å². The Morgan fingerprint density at radius 3 is 2.74 bits per heavy atom. The molecule has 4 nitrogen and oxygen atoms in total. The number of carbonyl (C=O) groups excluding carboxylic acids is 1. The quantitative estimate of drug-likeness (QED) is 0.915. The molecule has 3 rings (SSSR count). The second kappa shape index (κ2) is 4.53. The first-order valence-electron chi connectivity index (χ1n) is 6.58. The van der Waals surface area contributed by atoms with Gasteiger partial charge in [0.15, 0.2) is 0 Å². The van der Waals surface area contributed by atoms with Gasteiger partial charge < -0.3 is 5.32 Å². The minimum absolute atomic E-state index is 0.0140. The van der Waals surface area contributed by atoms with Gasteiger partial charge in [0.1, 0.15) is 0 Å². The van der Waals surface area contributed by atoms with E-state index in [0.717, 1.165) is 29.8 Å². The molecule has 1 heterocycles. The zero-order chi connectivity index (χ0) is 13.4. The van der Waals surface area contributed by atoms with Crippen molar-refractivity contribution in [3.8, 4) is 5.69 Å². The van der Waals surface area contributed by atoms with Gasteiger partial charge in [-0.3, -0.25) is 4.79 Å². The zero-order valence-corrected chi connectivity index (χ0v) is 11.2. The molecule has 0 atom stereocenters. The Balaban J connectivity index is 1.94. The van der Waals surface area contributed by atoms with Gasteiger partial charge in [-0.15, -0.1) is 0 Å². The summed E-state index contributed by atoms with van der Waals surface area (Å²) in [5.74, 6) is -0.0140. The molecule has 0 radical (unpaired) electrons. The monoisotopic (exact) mass is 255 g/mol. The molecule has 1 fully saturated rings. The number of hydrogen-bond acceptors (Lipinski definition) is 2. The van der Waals surface area contributed by atoms with Gasteiger partial charge in [0.05, 0.1) is 23.1 Å². The molecule has 0 bridgehead atoms. The predicted octanol–water partition coefficient (Wildman–Crippen LogP) is 2.38. The Kier molecular flexibility index (Phi) is 2.85. The van der Waals surface area contributed by atoms with Crippen LogP contribution in [0.1, 0.15) is 34.5 Å². The number of aromatic nitrogens is 2. The van der Waals surface area contributed by atoms with Crippen LogP contribution in [0.4, 0.5) is 0 Å².